The molecule has 0 aliphatic heterocycles. The minimum atomic E-state index is -0.214. The van der Waals surface area contributed by atoms with Gasteiger partial charge in [0.05, 0.1) is 3.57 Å². The smallest absolute Gasteiger partial charge is 0.136 e. The number of rotatable bonds is 1. The fraction of sp³-hybridized carbons (Fsp3) is 0.143. The molecule has 0 radical (unpaired) electrons. The van der Waals surface area contributed by atoms with Crippen LogP contribution in [0, 0.1) is 9.39 Å². The van der Waals surface area contributed by atoms with Crippen LogP contribution in [0.25, 0.3) is 0 Å². The van der Waals surface area contributed by atoms with Crippen LogP contribution in [0.2, 0.25) is 0 Å². The number of benzene rings is 1. The zero-order valence-electron chi connectivity index (χ0n) is 5.57. The molecule has 4 heteroatoms. The fourth-order valence-electron chi connectivity index (χ4n) is 0.756. The lowest BCUT2D eigenvalue weighted by Gasteiger charge is -2.04. The van der Waals surface area contributed by atoms with Crippen molar-refractivity contribution in [3.05, 3.63) is 31.6 Å². The average Bonchev–Trinajstić information content (AvgIpc) is 1.99. The van der Waals surface area contributed by atoms with E-state index in [1.54, 1.807) is 6.07 Å². The monoisotopic (exact) mass is 329 g/mol. The van der Waals surface area contributed by atoms with Crippen LogP contribution < -0.4 is 5.73 Å². The zero-order chi connectivity index (χ0) is 8.43. The third-order valence-electron chi connectivity index (χ3n) is 1.34. The molecule has 0 saturated heterocycles. The van der Waals surface area contributed by atoms with E-state index in [1.807, 2.05) is 22.6 Å². The summed E-state index contributed by atoms with van der Waals surface area (Å²) in [4.78, 5) is 0. The van der Waals surface area contributed by atoms with Gasteiger partial charge in [-0.15, -0.1) is 0 Å². The van der Waals surface area contributed by atoms with Crippen molar-refractivity contribution in [1.29, 1.82) is 0 Å². The van der Waals surface area contributed by atoms with Crippen molar-refractivity contribution in [1.82, 2.24) is 0 Å². The van der Waals surface area contributed by atoms with Gasteiger partial charge in [-0.1, -0.05) is 15.9 Å². The van der Waals surface area contributed by atoms with Gasteiger partial charge in [-0.05, 0) is 40.3 Å². The lowest BCUT2D eigenvalue weighted by atomic mass is 10.2. The van der Waals surface area contributed by atoms with Crippen molar-refractivity contribution in [2.45, 2.75) is 6.54 Å². The Kier molecular flexibility index (Phi) is 3.27. The normalized spacial score (nSPS) is 10.2. The molecule has 1 aromatic rings. The van der Waals surface area contributed by atoms with Gasteiger partial charge in [0, 0.05) is 11.0 Å². The molecule has 1 nitrogen and oxygen atoms in total. The maximum Gasteiger partial charge on any atom is 0.136 e. The van der Waals surface area contributed by atoms with Gasteiger partial charge in [0.1, 0.15) is 5.82 Å². The molecule has 0 atom stereocenters. The van der Waals surface area contributed by atoms with E-state index in [1.165, 1.54) is 6.07 Å². The van der Waals surface area contributed by atoms with Gasteiger partial charge in [0.15, 0.2) is 0 Å². The second kappa shape index (κ2) is 3.82. The molecule has 0 aliphatic rings. The zero-order valence-corrected chi connectivity index (χ0v) is 9.32. The molecule has 2 N–H and O–H groups in total. The minimum absolute atomic E-state index is 0.214. The first-order chi connectivity index (χ1) is 5.16. The van der Waals surface area contributed by atoms with E-state index >= 15 is 0 Å². The standard InChI is InChI=1S/C7H6BrFIN/c8-5-1-2-6(9)7(10)4(5)3-11/h1-2H,3,11H2. The first kappa shape index (κ1) is 9.41. The summed E-state index contributed by atoms with van der Waals surface area (Å²) in [5, 5.41) is 0. The Bertz CT molecular complexity index is 277. The molecular formula is C7H6BrFIN. The Balaban J connectivity index is 3.29. The van der Waals surface area contributed by atoms with Gasteiger partial charge in [0.2, 0.25) is 0 Å². The highest BCUT2D eigenvalue weighted by Crippen LogP contribution is 2.23. The maximum atomic E-state index is 12.9. The Morgan fingerprint density at radius 1 is 1.55 bits per heavy atom. The summed E-state index contributed by atoms with van der Waals surface area (Å²) in [6.07, 6.45) is 0. The first-order valence-electron chi connectivity index (χ1n) is 2.99. The third-order valence-corrected chi connectivity index (χ3v) is 3.25. The summed E-state index contributed by atoms with van der Waals surface area (Å²) < 4.78 is 14.3. The molecule has 0 amide bonds. The summed E-state index contributed by atoms with van der Waals surface area (Å²) in [7, 11) is 0. The average molecular weight is 330 g/mol. The van der Waals surface area contributed by atoms with Crippen LogP contribution in [0.4, 0.5) is 4.39 Å². The second-order valence-corrected chi connectivity index (χ2v) is 3.96. The van der Waals surface area contributed by atoms with Crippen LogP contribution >= 0.6 is 38.5 Å². The molecule has 11 heavy (non-hydrogen) atoms. The molecule has 1 rings (SSSR count). The molecule has 60 valence electrons. The maximum absolute atomic E-state index is 12.9. The topological polar surface area (TPSA) is 26.0 Å². The van der Waals surface area contributed by atoms with Crippen LogP contribution in [0.3, 0.4) is 0 Å². The fourth-order valence-corrected chi connectivity index (χ4v) is 2.31. The molecule has 0 aliphatic carbocycles. The van der Waals surface area contributed by atoms with Crippen molar-refractivity contribution in [3.8, 4) is 0 Å². The van der Waals surface area contributed by atoms with Crippen molar-refractivity contribution in [2.24, 2.45) is 5.73 Å². The first-order valence-corrected chi connectivity index (χ1v) is 4.86. The lowest BCUT2D eigenvalue weighted by molar-refractivity contribution is 0.617. The lowest BCUT2D eigenvalue weighted by Crippen LogP contribution is -2.01. The molecular weight excluding hydrogens is 324 g/mol. The summed E-state index contributed by atoms with van der Waals surface area (Å²) >= 11 is 5.24. The number of nitrogens with two attached hydrogens (primary N) is 1. The molecule has 0 unspecified atom stereocenters. The molecule has 0 bridgehead atoms. The van der Waals surface area contributed by atoms with E-state index < -0.39 is 0 Å². The van der Waals surface area contributed by atoms with Gasteiger partial charge < -0.3 is 5.73 Å². The molecule has 0 heterocycles. The summed E-state index contributed by atoms with van der Waals surface area (Å²) in [5.74, 6) is -0.214. The molecule has 0 spiro atoms. The molecule has 0 fully saturated rings. The van der Waals surface area contributed by atoms with Crippen LogP contribution in [-0.4, -0.2) is 0 Å². The Morgan fingerprint density at radius 3 is 2.64 bits per heavy atom. The quantitative estimate of drug-likeness (QED) is 0.622. The summed E-state index contributed by atoms with van der Waals surface area (Å²) in [6.45, 7) is 0.358. The number of hydrogen-bond acceptors (Lipinski definition) is 1. The highest BCUT2D eigenvalue weighted by molar-refractivity contribution is 14.1. The Hall–Kier alpha value is 0.320. The van der Waals surface area contributed by atoms with E-state index in [-0.39, 0.29) is 5.82 Å². The Labute approximate surface area is 86.4 Å². The van der Waals surface area contributed by atoms with Crippen LogP contribution in [-0.2, 0) is 6.54 Å². The number of halogens is 3. The van der Waals surface area contributed by atoms with E-state index in [0.717, 1.165) is 10.0 Å². The van der Waals surface area contributed by atoms with Crippen molar-refractivity contribution in [3.63, 3.8) is 0 Å². The number of hydrogen-bond donors (Lipinski definition) is 1. The van der Waals surface area contributed by atoms with Gasteiger partial charge in [-0.3, -0.25) is 0 Å². The largest absolute Gasteiger partial charge is 0.326 e. The van der Waals surface area contributed by atoms with Crippen molar-refractivity contribution < 1.29 is 4.39 Å². The van der Waals surface area contributed by atoms with E-state index in [4.69, 9.17) is 5.73 Å². The summed E-state index contributed by atoms with van der Waals surface area (Å²) in [6, 6.07) is 3.09. The van der Waals surface area contributed by atoms with Gasteiger partial charge in [-0.25, -0.2) is 4.39 Å². The van der Waals surface area contributed by atoms with Crippen LogP contribution in [0.5, 0.6) is 0 Å². The predicted molar refractivity (Wildman–Crippen MR) is 54.7 cm³/mol. The molecule has 0 aromatic heterocycles. The van der Waals surface area contributed by atoms with Crippen molar-refractivity contribution in [2.75, 3.05) is 0 Å². The van der Waals surface area contributed by atoms with Crippen LogP contribution in [0.15, 0.2) is 16.6 Å². The second-order valence-electron chi connectivity index (χ2n) is 2.03. The summed E-state index contributed by atoms with van der Waals surface area (Å²) in [5.41, 5.74) is 6.24. The van der Waals surface area contributed by atoms with Crippen LogP contribution in [0.1, 0.15) is 5.56 Å². The molecule has 1 aromatic carbocycles. The van der Waals surface area contributed by atoms with Gasteiger partial charge >= 0.3 is 0 Å². The Morgan fingerprint density at radius 2 is 2.18 bits per heavy atom. The highest BCUT2D eigenvalue weighted by Gasteiger charge is 2.06. The SMILES string of the molecule is NCc1c(Br)ccc(F)c1I. The van der Waals surface area contributed by atoms with E-state index in [2.05, 4.69) is 15.9 Å². The van der Waals surface area contributed by atoms with Gasteiger partial charge in [0.25, 0.3) is 0 Å². The van der Waals surface area contributed by atoms with E-state index in [0.29, 0.717) is 10.1 Å². The predicted octanol–water partition coefficient (Wildman–Crippen LogP) is 2.65. The van der Waals surface area contributed by atoms with Crippen molar-refractivity contribution >= 4 is 38.5 Å². The third kappa shape index (κ3) is 1.91. The van der Waals surface area contributed by atoms with Gasteiger partial charge in [-0.2, -0.15) is 0 Å². The molecule has 0 saturated carbocycles. The van der Waals surface area contributed by atoms with E-state index in [9.17, 15) is 4.39 Å². The minimum Gasteiger partial charge on any atom is -0.326 e. The highest BCUT2D eigenvalue weighted by atomic mass is 127.